The molecule has 1 aromatic heterocycles. The first-order valence-electron chi connectivity index (χ1n) is 11.3. The first kappa shape index (κ1) is 21.7. The van der Waals surface area contributed by atoms with Crippen LogP contribution >= 0.6 is 0 Å². The van der Waals surface area contributed by atoms with Crippen molar-refractivity contribution in [2.24, 2.45) is 0 Å². The molecule has 1 saturated heterocycles. The fourth-order valence-electron chi connectivity index (χ4n) is 4.33. The van der Waals surface area contributed by atoms with Gasteiger partial charge in [0.1, 0.15) is 23.5 Å². The molecule has 0 amide bonds. The van der Waals surface area contributed by atoms with Crippen LogP contribution in [0.2, 0.25) is 0 Å². The number of likely N-dealkylation sites (N-methyl/N-ethyl adjacent to an activating group) is 1. The number of nitrogens with zero attached hydrogens (tertiary/aromatic N) is 3. The Kier molecular flexibility index (Phi) is 7.14. The number of ether oxygens (including phenoxy) is 2. The van der Waals surface area contributed by atoms with Crippen LogP contribution in [-0.2, 0) is 4.74 Å². The largest absolute Gasteiger partial charge is 0.467 e. The maximum absolute atomic E-state index is 11.3. The van der Waals surface area contributed by atoms with E-state index in [1.807, 2.05) is 13.0 Å². The molecular weight excluding hydrogens is 392 g/mol. The molecule has 1 N–H and O–H groups in total. The van der Waals surface area contributed by atoms with Crippen LogP contribution in [0.1, 0.15) is 60.9 Å². The Bertz CT molecular complexity index is 900. The minimum Gasteiger partial charge on any atom is -0.467 e. The van der Waals surface area contributed by atoms with E-state index in [0.717, 1.165) is 55.7 Å². The molecule has 4 rings (SSSR count). The third kappa shape index (κ3) is 5.22. The molecule has 2 heterocycles. The van der Waals surface area contributed by atoms with Gasteiger partial charge in [0, 0.05) is 30.3 Å². The van der Waals surface area contributed by atoms with E-state index in [9.17, 15) is 4.79 Å². The topological polar surface area (TPSA) is 76.6 Å². The Morgan fingerprint density at radius 2 is 2.06 bits per heavy atom. The standard InChI is InChI=1S/C24H32N4O3/c1-3-30-16-31-22-12-17(15-29)9-10-20(22)24-21(18-6-4-7-18)13-23(26-27-24)25-19-8-5-11-28(2)14-19/h9-10,12-13,15,18-19H,3-8,11,14,16H2,1-2H3,(H,25,26)/t19-/m1/s1. The lowest BCUT2D eigenvalue weighted by Gasteiger charge is -2.31. The number of hydrogen-bond donors (Lipinski definition) is 1. The van der Waals surface area contributed by atoms with Crippen LogP contribution in [0.4, 0.5) is 5.82 Å². The third-order valence-corrected chi connectivity index (χ3v) is 6.24. The number of likely N-dealkylation sites (tertiary alicyclic amines) is 1. The van der Waals surface area contributed by atoms with Crippen LogP contribution in [0.5, 0.6) is 5.75 Å². The maximum atomic E-state index is 11.3. The summed E-state index contributed by atoms with van der Waals surface area (Å²) in [6.45, 7) is 4.78. The van der Waals surface area contributed by atoms with Gasteiger partial charge in [-0.1, -0.05) is 12.5 Å². The van der Waals surface area contributed by atoms with E-state index in [4.69, 9.17) is 9.47 Å². The van der Waals surface area contributed by atoms with Gasteiger partial charge in [0.2, 0.25) is 0 Å². The van der Waals surface area contributed by atoms with Crippen LogP contribution in [0.3, 0.4) is 0 Å². The van der Waals surface area contributed by atoms with Gasteiger partial charge in [-0.15, -0.1) is 10.2 Å². The fourth-order valence-corrected chi connectivity index (χ4v) is 4.33. The van der Waals surface area contributed by atoms with Crippen molar-refractivity contribution in [1.29, 1.82) is 0 Å². The lowest BCUT2D eigenvalue weighted by atomic mass is 9.78. The first-order valence-corrected chi connectivity index (χ1v) is 11.3. The van der Waals surface area contributed by atoms with E-state index in [1.54, 1.807) is 12.1 Å². The number of aldehydes is 1. The Morgan fingerprint density at radius 1 is 1.19 bits per heavy atom. The SMILES string of the molecule is CCOCOc1cc(C=O)ccc1-c1nnc(N[C@@H]2CCCN(C)C2)cc1C1CCC1. The van der Waals surface area contributed by atoms with Crippen molar-refractivity contribution in [3.05, 3.63) is 35.4 Å². The van der Waals surface area contributed by atoms with Crippen molar-refractivity contribution in [3.8, 4) is 17.0 Å². The number of carbonyl (C=O) groups excluding carboxylic acids is 1. The number of carbonyl (C=O) groups is 1. The van der Waals surface area contributed by atoms with Gasteiger partial charge >= 0.3 is 0 Å². The number of nitrogens with one attached hydrogen (secondary N) is 1. The summed E-state index contributed by atoms with van der Waals surface area (Å²) in [4.78, 5) is 13.7. The van der Waals surface area contributed by atoms with Gasteiger partial charge in [-0.3, -0.25) is 4.79 Å². The second-order valence-corrected chi connectivity index (χ2v) is 8.54. The molecular formula is C24H32N4O3. The van der Waals surface area contributed by atoms with Gasteiger partial charge in [0.05, 0.1) is 0 Å². The molecule has 1 atom stereocenters. The summed E-state index contributed by atoms with van der Waals surface area (Å²) >= 11 is 0. The van der Waals surface area contributed by atoms with Gasteiger partial charge in [0.15, 0.2) is 6.79 Å². The lowest BCUT2D eigenvalue weighted by molar-refractivity contribution is 0.0227. The molecule has 0 unspecified atom stereocenters. The van der Waals surface area contributed by atoms with E-state index in [2.05, 4.69) is 33.5 Å². The highest BCUT2D eigenvalue weighted by atomic mass is 16.7. The summed E-state index contributed by atoms with van der Waals surface area (Å²) in [6, 6.07) is 8.01. The summed E-state index contributed by atoms with van der Waals surface area (Å²) in [5, 5.41) is 12.8. The first-order chi connectivity index (χ1) is 15.2. The van der Waals surface area contributed by atoms with Crippen molar-refractivity contribution >= 4 is 12.1 Å². The molecule has 31 heavy (non-hydrogen) atoms. The smallest absolute Gasteiger partial charge is 0.189 e. The average Bonchev–Trinajstić information content (AvgIpc) is 2.73. The second kappa shape index (κ2) is 10.2. The monoisotopic (exact) mass is 424 g/mol. The van der Waals surface area contributed by atoms with E-state index < -0.39 is 0 Å². The number of rotatable bonds is 9. The van der Waals surface area contributed by atoms with Crippen LogP contribution in [0.25, 0.3) is 11.3 Å². The van der Waals surface area contributed by atoms with Crippen LogP contribution < -0.4 is 10.1 Å². The van der Waals surface area contributed by atoms with E-state index >= 15 is 0 Å². The molecule has 7 heteroatoms. The molecule has 2 fully saturated rings. The van der Waals surface area contributed by atoms with Gasteiger partial charge in [0.25, 0.3) is 0 Å². The van der Waals surface area contributed by atoms with Gasteiger partial charge in [-0.05, 0) is 75.9 Å². The minimum atomic E-state index is 0.132. The van der Waals surface area contributed by atoms with Crippen molar-refractivity contribution in [3.63, 3.8) is 0 Å². The summed E-state index contributed by atoms with van der Waals surface area (Å²) in [5.74, 6) is 1.92. The summed E-state index contributed by atoms with van der Waals surface area (Å²) in [6.07, 6.45) is 6.72. The second-order valence-electron chi connectivity index (χ2n) is 8.54. The molecule has 7 nitrogen and oxygen atoms in total. The lowest BCUT2D eigenvalue weighted by Crippen LogP contribution is -2.40. The summed E-state index contributed by atoms with van der Waals surface area (Å²) < 4.78 is 11.2. The molecule has 2 aliphatic rings. The minimum absolute atomic E-state index is 0.132. The number of anilines is 1. The highest BCUT2D eigenvalue weighted by Crippen LogP contribution is 2.43. The van der Waals surface area contributed by atoms with Gasteiger partial charge in [-0.25, -0.2) is 0 Å². The molecule has 1 aliphatic carbocycles. The number of aromatic nitrogens is 2. The highest BCUT2D eigenvalue weighted by molar-refractivity contribution is 5.80. The highest BCUT2D eigenvalue weighted by Gasteiger charge is 2.27. The number of piperidine rings is 1. The zero-order chi connectivity index (χ0) is 21.6. The maximum Gasteiger partial charge on any atom is 0.189 e. The Hall–Kier alpha value is -2.51. The van der Waals surface area contributed by atoms with Gasteiger partial charge < -0.3 is 19.7 Å². The van der Waals surface area contributed by atoms with Crippen molar-refractivity contribution < 1.29 is 14.3 Å². The van der Waals surface area contributed by atoms with Crippen molar-refractivity contribution in [2.45, 2.75) is 51.0 Å². The predicted octanol–water partition coefficient (Wildman–Crippen LogP) is 4.10. The van der Waals surface area contributed by atoms with Crippen molar-refractivity contribution in [1.82, 2.24) is 15.1 Å². The Morgan fingerprint density at radius 3 is 2.77 bits per heavy atom. The molecule has 2 aromatic rings. The summed E-state index contributed by atoms with van der Waals surface area (Å²) in [5.41, 5.74) is 3.45. The van der Waals surface area contributed by atoms with Crippen LogP contribution in [0, 0.1) is 0 Å². The number of benzene rings is 1. The molecule has 1 saturated carbocycles. The van der Waals surface area contributed by atoms with E-state index in [-0.39, 0.29) is 6.79 Å². The Labute approximate surface area is 184 Å². The quantitative estimate of drug-likeness (QED) is 0.369. The third-order valence-electron chi connectivity index (χ3n) is 6.24. The molecule has 0 spiro atoms. The molecule has 1 aromatic carbocycles. The molecule has 0 bridgehead atoms. The van der Waals surface area contributed by atoms with Crippen LogP contribution in [0.15, 0.2) is 24.3 Å². The molecule has 166 valence electrons. The van der Waals surface area contributed by atoms with E-state index in [0.29, 0.717) is 29.9 Å². The zero-order valence-corrected chi connectivity index (χ0v) is 18.5. The molecule has 0 radical (unpaired) electrons. The van der Waals surface area contributed by atoms with Crippen LogP contribution in [-0.4, -0.2) is 61.0 Å². The van der Waals surface area contributed by atoms with Gasteiger partial charge in [-0.2, -0.15) is 0 Å². The fraction of sp³-hybridized carbons (Fsp3) is 0.542. The zero-order valence-electron chi connectivity index (χ0n) is 18.5. The van der Waals surface area contributed by atoms with Crippen molar-refractivity contribution in [2.75, 3.05) is 38.9 Å². The summed E-state index contributed by atoms with van der Waals surface area (Å²) in [7, 11) is 2.16. The predicted molar refractivity (Wildman–Crippen MR) is 121 cm³/mol. The average molecular weight is 425 g/mol. The van der Waals surface area contributed by atoms with E-state index in [1.165, 1.54) is 18.4 Å². The molecule has 1 aliphatic heterocycles. The normalized spacial score (nSPS) is 19.6. The number of hydrogen-bond acceptors (Lipinski definition) is 7. The Balaban J connectivity index is 1.65.